The van der Waals surface area contributed by atoms with Crippen molar-refractivity contribution in [2.45, 2.75) is 13.5 Å². The van der Waals surface area contributed by atoms with Gasteiger partial charge in [0.15, 0.2) is 5.75 Å². The molecule has 0 amide bonds. The van der Waals surface area contributed by atoms with Crippen molar-refractivity contribution in [3.63, 3.8) is 0 Å². The molecule has 0 aliphatic carbocycles. The molecular weight excluding hydrogens is 448 g/mol. The molecule has 1 heterocycles. The number of ether oxygens (including phenoxy) is 2. The Morgan fingerprint density at radius 2 is 1.96 bits per heavy atom. The molecule has 0 aliphatic heterocycles. The highest BCUT2D eigenvalue weighted by molar-refractivity contribution is 9.10. The fourth-order valence-electron chi connectivity index (χ4n) is 2.45. The van der Waals surface area contributed by atoms with E-state index in [0.29, 0.717) is 10.7 Å². The van der Waals surface area contributed by atoms with Gasteiger partial charge in [-0.05, 0) is 31.2 Å². The van der Waals surface area contributed by atoms with Gasteiger partial charge in [0.25, 0.3) is 5.56 Å². The van der Waals surface area contributed by atoms with Gasteiger partial charge in [-0.2, -0.15) is 9.78 Å². The SMILES string of the molecule is CCOC(=O)c1nn(-c2cccc(Br)c2)c(=O)cc1OCc1ccccc1Cl. The first-order valence-corrected chi connectivity index (χ1v) is 9.60. The van der Waals surface area contributed by atoms with Crippen LogP contribution in [-0.4, -0.2) is 22.4 Å². The first-order chi connectivity index (χ1) is 13.5. The van der Waals surface area contributed by atoms with Gasteiger partial charge in [-0.3, -0.25) is 4.79 Å². The first kappa shape index (κ1) is 20.1. The molecule has 2 aromatic carbocycles. The highest BCUT2D eigenvalue weighted by Crippen LogP contribution is 2.21. The van der Waals surface area contributed by atoms with Gasteiger partial charge < -0.3 is 9.47 Å². The molecule has 0 atom stereocenters. The summed E-state index contributed by atoms with van der Waals surface area (Å²) in [4.78, 5) is 25.0. The van der Waals surface area contributed by atoms with E-state index in [1.807, 2.05) is 12.1 Å². The average Bonchev–Trinajstić information content (AvgIpc) is 2.67. The third-order valence-corrected chi connectivity index (χ3v) is 4.62. The lowest BCUT2D eigenvalue weighted by atomic mass is 10.2. The van der Waals surface area contributed by atoms with Crippen LogP contribution in [0.4, 0.5) is 0 Å². The molecule has 0 saturated heterocycles. The van der Waals surface area contributed by atoms with Crippen LogP contribution in [0.1, 0.15) is 23.0 Å². The highest BCUT2D eigenvalue weighted by atomic mass is 79.9. The van der Waals surface area contributed by atoms with Crippen molar-refractivity contribution < 1.29 is 14.3 Å². The maximum atomic E-state index is 12.6. The molecule has 0 spiro atoms. The van der Waals surface area contributed by atoms with Gasteiger partial charge >= 0.3 is 5.97 Å². The van der Waals surface area contributed by atoms with Gasteiger partial charge in [0.05, 0.1) is 18.4 Å². The Morgan fingerprint density at radius 3 is 2.68 bits per heavy atom. The van der Waals surface area contributed by atoms with Gasteiger partial charge in [-0.25, -0.2) is 4.79 Å². The number of benzene rings is 2. The van der Waals surface area contributed by atoms with Crippen molar-refractivity contribution in [2.75, 3.05) is 6.61 Å². The van der Waals surface area contributed by atoms with Gasteiger partial charge in [-0.1, -0.05) is 51.8 Å². The smallest absolute Gasteiger partial charge is 0.362 e. The lowest BCUT2D eigenvalue weighted by Crippen LogP contribution is -2.25. The van der Waals surface area contributed by atoms with Gasteiger partial charge in [0.1, 0.15) is 6.61 Å². The molecule has 3 aromatic rings. The van der Waals surface area contributed by atoms with E-state index in [1.54, 1.807) is 43.3 Å². The fourth-order valence-corrected chi connectivity index (χ4v) is 3.03. The Kier molecular flexibility index (Phi) is 6.49. The van der Waals surface area contributed by atoms with Crippen LogP contribution in [0.2, 0.25) is 5.02 Å². The van der Waals surface area contributed by atoms with Crippen LogP contribution < -0.4 is 10.3 Å². The van der Waals surface area contributed by atoms with Crippen molar-refractivity contribution in [3.05, 3.63) is 85.7 Å². The second-order valence-electron chi connectivity index (χ2n) is 5.69. The zero-order valence-electron chi connectivity index (χ0n) is 14.9. The van der Waals surface area contributed by atoms with Crippen LogP contribution in [-0.2, 0) is 11.3 Å². The molecule has 144 valence electrons. The molecule has 0 aliphatic rings. The Morgan fingerprint density at radius 1 is 1.18 bits per heavy atom. The van der Waals surface area contributed by atoms with E-state index in [-0.39, 0.29) is 24.7 Å². The maximum Gasteiger partial charge on any atom is 0.362 e. The minimum absolute atomic E-state index is 0.0367. The minimum atomic E-state index is -0.680. The summed E-state index contributed by atoms with van der Waals surface area (Å²) >= 11 is 9.49. The molecule has 0 N–H and O–H groups in total. The zero-order valence-corrected chi connectivity index (χ0v) is 17.2. The predicted molar refractivity (Wildman–Crippen MR) is 109 cm³/mol. The van der Waals surface area contributed by atoms with E-state index in [2.05, 4.69) is 21.0 Å². The van der Waals surface area contributed by atoms with Gasteiger partial charge in [-0.15, -0.1) is 0 Å². The Balaban J connectivity index is 2.01. The highest BCUT2D eigenvalue weighted by Gasteiger charge is 2.20. The summed E-state index contributed by atoms with van der Waals surface area (Å²) in [5, 5.41) is 4.71. The van der Waals surface area contributed by atoms with Crippen molar-refractivity contribution in [3.8, 4) is 11.4 Å². The van der Waals surface area contributed by atoms with Crippen LogP contribution in [0.15, 0.2) is 63.9 Å². The maximum absolute atomic E-state index is 12.6. The zero-order chi connectivity index (χ0) is 20.1. The molecule has 28 heavy (non-hydrogen) atoms. The number of aromatic nitrogens is 2. The van der Waals surface area contributed by atoms with Crippen LogP contribution >= 0.6 is 27.5 Å². The number of esters is 1. The number of hydrogen-bond acceptors (Lipinski definition) is 5. The molecule has 1 aromatic heterocycles. The molecule has 6 nitrogen and oxygen atoms in total. The van der Waals surface area contributed by atoms with Crippen LogP contribution in [0.25, 0.3) is 5.69 Å². The molecule has 3 rings (SSSR count). The van der Waals surface area contributed by atoms with Gasteiger partial charge in [0.2, 0.25) is 5.69 Å². The van der Waals surface area contributed by atoms with Crippen molar-refractivity contribution in [1.29, 1.82) is 0 Å². The fraction of sp³-hybridized carbons (Fsp3) is 0.150. The quantitative estimate of drug-likeness (QED) is 0.507. The minimum Gasteiger partial charge on any atom is -0.486 e. The van der Waals surface area contributed by atoms with E-state index in [4.69, 9.17) is 21.1 Å². The first-order valence-electron chi connectivity index (χ1n) is 8.43. The number of carbonyl (C=O) groups excluding carboxylic acids is 1. The van der Waals surface area contributed by atoms with E-state index >= 15 is 0 Å². The topological polar surface area (TPSA) is 70.4 Å². The summed E-state index contributed by atoms with van der Waals surface area (Å²) in [6.45, 7) is 1.93. The Bertz CT molecular complexity index is 1070. The van der Waals surface area contributed by atoms with Gasteiger partial charge in [0, 0.05) is 15.1 Å². The second kappa shape index (κ2) is 9.03. The third-order valence-electron chi connectivity index (χ3n) is 3.76. The van der Waals surface area contributed by atoms with Crippen LogP contribution in [0.3, 0.4) is 0 Å². The Hall–Kier alpha value is -2.64. The summed E-state index contributed by atoms with van der Waals surface area (Å²) < 4.78 is 12.7. The average molecular weight is 464 g/mol. The second-order valence-corrected chi connectivity index (χ2v) is 7.01. The summed E-state index contributed by atoms with van der Waals surface area (Å²) in [7, 11) is 0. The summed E-state index contributed by atoms with van der Waals surface area (Å²) in [6.07, 6.45) is 0. The summed E-state index contributed by atoms with van der Waals surface area (Å²) in [5.41, 5.74) is 0.687. The monoisotopic (exact) mass is 462 g/mol. The van der Waals surface area contributed by atoms with E-state index in [0.717, 1.165) is 14.7 Å². The standard InChI is InChI=1S/C20H16BrClN2O4/c1-2-27-20(26)19-17(28-12-13-6-3-4-9-16(13)22)11-18(25)24(23-19)15-8-5-7-14(21)10-15/h3-11H,2,12H2,1H3. The van der Waals surface area contributed by atoms with E-state index < -0.39 is 11.5 Å². The molecule has 0 unspecified atom stereocenters. The van der Waals surface area contributed by atoms with Crippen molar-refractivity contribution in [1.82, 2.24) is 9.78 Å². The van der Waals surface area contributed by atoms with Crippen molar-refractivity contribution >= 4 is 33.5 Å². The van der Waals surface area contributed by atoms with Crippen molar-refractivity contribution in [2.24, 2.45) is 0 Å². The lowest BCUT2D eigenvalue weighted by molar-refractivity contribution is 0.0511. The molecule has 0 bridgehead atoms. The number of rotatable bonds is 6. The van der Waals surface area contributed by atoms with Crippen LogP contribution in [0.5, 0.6) is 5.75 Å². The van der Waals surface area contributed by atoms with Crippen LogP contribution in [0, 0.1) is 0 Å². The Labute approximate surface area is 174 Å². The largest absolute Gasteiger partial charge is 0.486 e. The number of halogens is 2. The number of hydrogen-bond donors (Lipinski definition) is 0. The van der Waals surface area contributed by atoms with E-state index in [1.165, 1.54) is 6.07 Å². The molecule has 0 saturated carbocycles. The molecular formula is C20H16BrClN2O4. The normalized spacial score (nSPS) is 10.5. The summed E-state index contributed by atoms with van der Waals surface area (Å²) in [6, 6.07) is 15.4. The molecule has 0 radical (unpaired) electrons. The third kappa shape index (κ3) is 4.61. The lowest BCUT2D eigenvalue weighted by Gasteiger charge is -2.13. The number of carbonyl (C=O) groups is 1. The molecule has 0 fully saturated rings. The number of nitrogens with zero attached hydrogens (tertiary/aromatic N) is 2. The predicted octanol–water partition coefficient (Wildman–Crippen LogP) is 4.40. The molecule has 8 heteroatoms. The summed E-state index contributed by atoms with van der Waals surface area (Å²) in [5.74, 6) is -0.643. The van der Waals surface area contributed by atoms with E-state index in [9.17, 15) is 9.59 Å².